The second-order valence-electron chi connectivity index (χ2n) is 13.8. The maximum Gasteiger partial charge on any atom is 0.249 e. The van der Waals surface area contributed by atoms with Crippen molar-refractivity contribution in [1.82, 2.24) is 24.9 Å². The van der Waals surface area contributed by atoms with Crippen LogP contribution in [0.5, 0.6) is 0 Å². The number of likely N-dealkylation sites (tertiary alicyclic amines) is 2. The minimum absolute atomic E-state index is 0.0162. The number of rotatable bonds is 11. The van der Waals surface area contributed by atoms with Crippen molar-refractivity contribution >= 4 is 23.6 Å². The third-order valence-corrected chi connectivity index (χ3v) is 8.72. The van der Waals surface area contributed by atoms with E-state index in [1.807, 2.05) is 40.7 Å². The van der Waals surface area contributed by atoms with Crippen LogP contribution in [-0.4, -0.2) is 107 Å². The van der Waals surface area contributed by atoms with Crippen LogP contribution in [0.4, 0.5) is 0 Å². The number of carbonyl (C=O) groups is 4. The average Bonchev–Trinajstić information content (AvgIpc) is 3.41. The lowest BCUT2D eigenvalue weighted by atomic mass is 9.84. The molecule has 2 heterocycles. The van der Waals surface area contributed by atoms with Gasteiger partial charge in [-0.05, 0) is 64.3 Å². The Morgan fingerprint density at radius 1 is 0.976 bits per heavy atom. The number of carbonyl (C=O) groups excluding carboxylic acids is 4. The molecule has 2 saturated heterocycles. The molecule has 4 unspecified atom stereocenters. The molecule has 0 aromatic rings. The van der Waals surface area contributed by atoms with E-state index in [1.165, 1.54) is 0 Å². The van der Waals surface area contributed by atoms with Crippen LogP contribution >= 0.6 is 0 Å². The third-order valence-electron chi connectivity index (χ3n) is 8.72. The summed E-state index contributed by atoms with van der Waals surface area (Å²) in [6.07, 6.45) is 7.78. The quantitative estimate of drug-likeness (QED) is 0.293. The van der Waals surface area contributed by atoms with Gasteiger partial charge in [0.1, 0.15) is 12.1 Å². The average molecular weight is 588 g/mol. The zero-order valence-corrected chi connectivity index (χ0v) is 27.9. The first-order valence-corrected chi connectivity index (χ1v) is 15.7. The number of hydrogen-bond donors (Lipinski definition) is 1. The molecule has 2 aliphatic heterocycles. The molecule has 0 saturated carbocycles. The lowest BCUT2D eigenvalue weighted by molar-refractivity contribution is -0.142. The first kappa shape index (κ1) is 35.5. The third kappa shape index (κ3) is 8.68. The summed E-state index contributed by atoms with van der Waals surface area (Å²) in [6, 6.07) is -1.59. The molecule has 42 heavy (non-hydrogen) atoms. The molecule has 238 valence electrons. The number of hydrogen-bond acceptors (Lipinski definition) is 5. The lowest BCUT2D eigenvalue weighted by Crippen LogP contribution is -2.60. The summed E-state index contributed by atoms with van der Waals surface area (Å²) in [7, 11) is 3.47. The Bertz CT molecular complexity index is 1010. The second-order valence-corrected chi connectivity index (χ2v) is 13.8. The number of piperidine rings is 1. The fourth-order valence-electron chi connectivity index (χ4n) is 6.20. The summed E-state index contributed by atoms with van der Waals surface area (Å²) >= 11 is 0. The van der Waals surface area contributed by atoms with Crippen LogP contribution in [0.15, 0.2) is 24.3 Å². The van der Waals surface area contributed by atoms with E-state index in [0.29, 0.717) is 25.1 Å². The Morgan fingerprint density at radius 3 is 2.14 bits per heavy atom. The van der Waals surface area contributed by atoms with Gasteiger partial charge < -0.3 is 20.0 Å². The van der Waals surface area contributed by atoms with E-state index in [0.717, 1.165) is 32.2 Å². The Balaban J connectivity index is 2.27. The monoisotopic (exact) mass is 587 g/mol. The van der Waals surface area contributed by atoms with E-state index < -0.39 is 17.5 Å². The van der Waals surface area contributed by atoms with Gasteiger partial charge in [-0.1, -0.05) is 53.2 Å². The van der Waals surface area contributed by atoms with Crippen LogP contribution in [0, 0.1) is 11.3 Å². The molecule has 2 aliphatic rings. The number of amides is 4. The molecule has 9 nitrogen and oxygen atoms in total. The van der Waals surface area contributed by atoms with Crippen molar-refractivity contribution in [3.8, 4) is 0 Å². The molecule has 0 aromatic heterocycles. The van der Waals surface area contributed by atoms with Crippen LogP contribution in [0.1, 0.15) is 87.5 Å². The molecule has 0 bridgehead atoms. The van der Waals surface area contributed by atoms with Gasteiger partial charge in [0.2, 0.25) is 23.6 Å². The highest BCUT2D eigenvalue weighted by molar-refractivity contribution is 5.97. The van der Waals surface area contributed by atoms with E-state index in [2.05, 4.69) is 30.6 Å². The Hall–Kier alpha value is -2.68. The van der Waals surface area contributed by atoms with Crippen LogP contribution in [0.2, 0.25) is 0 Å². The van der Waals surface area contributed by atoms with Crippen molar-refractivity contribution in [3.63, 3.8) is 0 Å². The van der Waals surface area contributed by atoms with E-state index in [4.69, 9.17) is 0 Å². The summed E-state index contributed by atoms with van der Waals surface area (Å²) in [5, 5.41) is 3.13. The fourth-order valence-corrected chi connectivity index (χ4v) is 6.20. The van der Waals surface area contributed by atoms with Gasteiger partial charge >= 0.3 is 0 Å². The number of likely N-dealkylation sites (N-methyl/N-ethyl adjacent to an activating group) is 2. The smallest absolute Gasteiger partial charge is 0.249 e. The van der Waals surface area contributed by atoms with Gasteiger partial charge in [0.05, 0.1) is 12.1 Å². The van der Waals surface area contributed by atoms with E-state index in [9.17, 15) is 19.2 Å². The molecule has 2 fully saturated rings. The summed E-state index contributed by atoms with van der Waals surface area (Å²) < 4.78 is 0. The van der Waals surface area contributed by atoms with Crippen molar-refractivity contribution in [2.24, 2.45) is 11.3 Å². The molecule has 2 rings (SSSR count). The molecule has 1 N–H and O–H groups in total. The number of nitrogens with one attached hydrogen (secondary N) is 1. The van der Waals surface area contributed by atoms with Gasteiger partial charge in [0.25, 0.3) is 0 Å². The Labute approximate surface area is 254 Å². The van der Waals surface area contributed by atoms with Crippen molar-refractivity contribution < 1.29 is 19.2 Å². The highest BCUT2D eigenvalue weighted by Gasteiger charge is 2.40. The van der Waals surface area contributed by atoms with Crippen molar-refractivity contribution in [1.29, 1.82) is 0 Å². The summed E-state index contributed by atoms with van der Waals surface area (Å²) in [6.45, 7) is 21.4. The maximum atomic E-state index is 14.1. The Morgan fingerprint density at radius 2 is 1.60 bits per heavy atom. The zero-order valence-electron chi connectivity index (χ0n) is 27.9. The molecule has 0 aliphatic carbocycles. The minimum atomic E-state index is -0.724. The molecular weight excluding hydrogens is 530 g/mol. The predicted octanol–water partition coefficient (Wildman–Crippen LogP) is 3.84. The molecule has 0 spiro atoms. The topological polar surface area (TPSA) is 93.3 Å². The van der Waals surface area contributed by atoms with Gasteiger partial charge in [-0.2, -0.15) is 0 Å². The first-order chi connectivity index (χ1) is 19.5. The van der Waals surface area contributed by atoms with Crippen LogP contribution in [-0.2, 0) is 19.2 Å². The van der Waals surface area contributed by atoms with Crippen molar-refractivity contribution in [2.75, 3.05) is 33.7 Å². The van der Waals surface area contributed by atoms with Crippen molar-refractivity contribution in [3.05, 3.63) is 24.3 Å². The Kier molecular flexibility index (Phi) is 12.8. The van der Waals surface area contributed by atoms with Gasteiger partial charge in [-0.3, -0.25) is 24.1 Å². The molecule has 0 aromatic carbocycles. The first-order valence-electron chi connectivity index (χ1n) is 15.7. The summed E-state index contributed by atoms with van der Waals surface area (Å²) in [5.74, 6) is -0.532. The zero-order chi connectivity index (χ0) is 31.9. The summed E-state index contributed by atoms with van der Waals surface area (Å²) in [5.41, 5.74) is -0.0137. The maximum absolute atomic E-state index is 14.1. The van der Waals surface area contributed by atoms with E-state index in [-0.39, 0.29) is 47.7 Å². The molecular formula is C33H57N5O4. The SMILES string of the molecule is C=CCN(C)C(=O)C1CCCN1C(=O)/C(C)=C/C(C(C)C)N(C)C(=O)C(NC(=O)C1CCCCN1C(C)C)C(C)(C)C. The van der Waals surface area contributed by atoms with Crippen molar-refractivity contribution in [2.45, 2.75) is 118 Å². The number of nitrogens with zero attached hydrogens (tertiary/aromatic N) is 4. The fraction of sp³-hybridized carbons (Fsp3) is 0.758. The van der Waals surface area contributed by atoms with Gasteiger partial charge in [-0.15, -0.1) is 6.58 Å². The van der Waals surface area contributed by atoms with E-state index >= 15 is 0 Å². The lowest BCUT2D eigenvalue weighted by Gasteiger charge is -2.41. The highest BCUT2D eigenvalue weighted by atomic mass is 16.2. The van der Waals surface area contributed by atoms with Gasteiger partial charge in [0, 0.05) is 38.8 Å². The van der Waals surface area contributed by atoms with Gasteiger partial charge in [0.15, 0.2) is 0 Å². The molecule has 4 atom stereocenters. The highest BCUT2D eigenvalue weighted by Crippen LogP contribution is 2.27. The summed E-state index contributed by atoms with van der Waals surface area (Å²) in [4.78, 5) is 61.4. The van der Waals surface area contributed by atoms with Crippen LogP contribution in [0.25, 0.3) is 0 Å². The van der Waals surface area contributed by atoms with E-state index in [1.54, 1.807) is 41.8 Å². The largest absolute Gasteiger partial charge is 0.342 e. The second kappa shape index (κ2) is 15.2. The standard InChI is InChI=1S/C33H57N5O4/c1-12-18-35(10)31(41)26-17-15-20-38(26)30(40)24(6)21-27(22(2)3)36(11)32(42)28(33(7,8)9)34-29(39)25-16-13-14-19-37(25)23(4)5/h12,21-23,25-28H,1,13-20H2,2-11H3,(H,34,39)/b24-21+. The molecule has 0 radical (unpaired) electrons. The van der Waals surface area contributed by atoms with Crippen LogP contribution < -0.4 is 5.32 Å². The normalized spacial score (nSPS) is 21.7. The molecule has 4 amide bonds. The predicted molar refractivity (Wildman–Crippen MR) is 169 cm³/mol. The minimum Gasteiger partial charge on any atom is -0.342 e. The van der Waals surface area contributed by atoms with Crippen LogP contribution in [0.3, 0.4) is 0 Å². The van der Waals surface area contributed by atoms with Gasteiger partial charge in [-0.25, -0.2) is 0 Å². The molecule has 9 heteroatoms.